The van der Waals surface area contributed by atoms with E-state index in [1.807, 2.05) is 6.92 Å². The molecule has 0 aromatic rings. The van der Waals surface area contributed by atoms with Gasteiger partial charge in [-0.25, -0.2) is 0 Å². The van der Waals surface area contributed by atoms with E-state index in [2.05, 4.69) is 10.1 Å². The summed E-state index contributed by atoms with van der Waals surface area (Å²) in [5.74, 6) is 0. The van der Waals surface area contributed by atoms with Gasteiger partial charge < -0.3 is 5.21 Å². The molecule has 2 rings (SSSR count). The fourth-order valence-electron chi connectivity index (χ4n) is 1.86. The van der Waals surface area contributed by atoms with Crippen LogP contribution < -0.4 is 0 Å². The van der Waals surface area contributed by atoms with Gasteiger partial charge in [0.2, 0.25) is 0 Å². The molecule has 0 atom stereocenters. The molecule has 0 radical (unpaired) electrons. The number of thioether (sulfide) groups is 1. The normalized spacial score (nSPS) is 30.1. The van der Waals surface area contributed by atoms with Gasteiger partial charge in [0.05, 0.1) is 5.71 Å². The summed E-state index contributed by atoms with van der Waals surface area (Å²) in [5, 5.41) is 12.6. The third-order valence-corrected chi connectivity index (χ3v) is 3.89. The van der Waals surface area contributed by atoms with Crippen LogP contribution in [0.4, 0.5) is 0 Å². The first-order valence-corrected chi connectivity index (χ1v) is 5.05. The van der Waals surface area contributed by atoms with Crippen LogP contribution in [0.25, 0.3) is 0 Å². The highest BCUT2D eigenvalue weighted by molar-refractivity contribution is 8.17. The van der Waals surface area contributed by atoms with Gasteiger partial charge in [-0.15, -0.1) is 0 Å². The minimum atomic E-state index is 0.0473. The molecule has 1 heterocycles. The molecule has 0 aromatic carbocycles. The monoisotopic (exact) mass is 184 g/mol. The molecule has 1 fully saturated rings. The number of hydrogen-bond donors (Lipinski definition) is 1. The topological polar surface area (TPSA) is 45.0 Å². The molecule has 4 heteroatoms. The lowest BCUT2D eigenvalue weighted by molar-refractivity contribution is 0.321. The Morgan fingerprint density at radius 1 is 1.50 bits per heavy atom. The maximum Gasteiger partial charge on any atom is 0.158 e. The van der Waals surface area contributed by atoms with Crippen molar-refractivity contribution in [2.24, 2.45) is 10.1 Å². The van der Waals surface area contributed by atoms with E-state index in [0.717, 1.165) is 18.6 Å². The molecule has 0 saturated heterocycles. The molecule has 1 aliphatic carbocycles. The van der Waals surface area contributed by atoms with Gasteiger partial charge in [-0.2, -0.15) is 0 Å². The lowest BCUT2D eigenvalue weighted by Gasteiger charge is -2.15. The van der Waals surface area contributed by atoms with Crippen LogP contribution in [-0.2, 0) is 0 Å². The molecule has 1 aliphatic heterocycles. The Morgan fingerprint density at radius 3 is 2.67 bits per heavy atom. The van der Waals surface area contributed by atoms with Crippen molar-refractivity contribution in [2.75, 3.05) is 0 Å². The third-order valence-electron chi connectivity index (χ3n) is 2.44. The van der Waals surface area contributed by atoms with Gasteiger partial charge in [-0.3, -0.25) is 4.99 Å². The van der Waals surface area contributed by atoms with Crippen molar-refractivity contribution < 1.29 is 5.21 Å². The molecule has 0 unspecified atom stereocenters. The smallest absolute Gasteiger partial charge is 0.158 e. The molecular formula is C8H12N2OS. The Bertz CT molecular complexity index is 254. The fourth-order valence-corrected chi connectivity index (χ4v) is 3.13. The van der Waals surface area contributed by atoms with Crippen molar-refractivity contribution in [2.45, 2.75) is 37.5 Å². The van der Waals surface area contributed by atoms with Crippen molar-refractivity contribution in [1.29, 1.82) is 0 Å². The molecule has 12 heavy (non-hydrogen) atoms. The summed E-state index contributed by atoms with van der Waals surface area (Å²) in [6, 6.07) is 0. The first kappa shape index (κ1) is 8.10. The average Bonchev–Trinajstić information content (AvgIpc) is 2.60. The summed E-state index contributed by atoms with van der Waals surface area (Å²) < 4.78 is 0. The zero-order chi connectivity index (χ0) is 8.60. The molecular weight excluding hydrogens is 172 g/mol. The molecule has 3 nitrogen and oxygen atoms in total. The second-order valence-electron chi connectivity index (χ2n) is 3.36. The fraction of sp³-hybridized carbons (Fsp3) is 0.750. The van der Waals surface area contributed by atoms with E-state index in [1.54, 1.807) is 11.8 Å². The summed E-state index contributed by atoms with van der Waals surface area (Å²) >= 11 is 1.62. The summed E-state index contributed by atoms with van der Waals surface area (Å²) in [6.45, 7) is 1.91. The quantitative estimate of drug-likeness (QED) is 0.463. The molecule has 0 amide bonds. The van der Waals surface area contributed by atoms with Crippen LogP contribution in [-0.4, -0.2) is 20.8 Å². The molecule has 1 saturated carbocycles. The number of oxime groups is 1. The zero-order valence-electron chi connectivity index (χ0n) is 7.08. The Balaban J connectivity index is 2.24. The molecule has 2 aliphatic rings. The van der Waals surface area contributed by atoms with Gasteiger partial charge in [0.25, 0.3) is 0 Å². The average molecular weight is 184 g/mol. The molecule has 66 valence electrons. The van der Waals surface area contributed by atoms with Crippen molar-refractivity contribution >= 4 is 22.5 Å². The van der Waals surface area contributed by atoms with Gasteiger partial charge in [0, 0.05) is 0 Å². The molecule has 0 aromatic heterocycles. The predicted octanol–water partition coefficient (Wildman–Crippen LogP) is 2.25. The van der Waals surface area contributed by atoms with Crippen molar-refractivity contribution in [1.82, 2.24) is 0 Å². The van der Waals surface area contributed by atoms with Crippen LogP contribution in [0.1, 0.15) is 32.6 Å². The second-order valence-corrected chi connectivity index (χ2v) is 4.71. The first-order chi connectivity index (χ1) is 5.76. The summed E-state index contributed by atoms with van der Waals surface area (Å²) in [6.07, 6.45) is 4.77. The Hall–Kier alpha value is -0.510. The van der Waals surface area contributed by atoms with Gasteiger partial charge in [0.15, 0.2) is 5.04 Å². The Labute approximate surface area is 75.9 Å². The van der Waals surface area contributed by atoms with Crippen LogP contribution in [0.3, 0.4) is 0 Å². The summed E-state index contributed by atoms with van der Waals surface area (Å²) in [5.41, 5.74) is 0.893. The van der Waals surface area contributed by atoms with Gasteiger partial charge in [-0.05, 0) is 19.8 Å². The predicted molar refractivity (Wildman–Crippen MR) is 51.1 cm³/mol. The maximum absolute atomic E-state index is 8.67. The van der Waals surface area contributed by atoms with E-state index < -0.39 is 0 Å². The molecule has 1 spiro atoms. The number of rotatable bonds is 0. The molecule has 0 bridgehead atoms. The Morgan fingerprint density at radius 2 is 2.17 bits per heavy atom. The van der Waals surface area contributed by atoms with E-state index in [9.17, 15) is 0 Å². The summed E-state index contributed by atoms with van der Waals surface area (Å²) in [7, 11) is 0. The minimum absolute atomic E-state index is 0.0473. The van der Waals surface area contributed by atoms with Gasteiger partial charge in [-0.1, -0.05) is 29.8 Å². The van der Waals surface area contributed by atoms with Crippen molar-refractivity contribution in [3.8, 4) is 0 Å². The summed E-state index contributed by atoms with van der Waals surface area (Å²) in [4.78, 5) is 4.61. The first-order valence-electron chi connectivity index (χ1n) is 4.24. The second kappa shape index (κ2) is 2.76. The highest BCUT2D eigenvalue weighted by Gasteiger charge is 2.40. The minimum Gasteiger partial charge on any atom is -0.410 e. The van der Waals surface area contributed by atoms with Crippen LogP contribution in [0.5, 0.6) is 0 Å². The SMILES string of the molecule is CC1=NC2(CCCC2)S/C1=N\O. The number of nitrogens with zero attached hydrogens (tertiary/aromatic N) is 2. The third kappa shape index (κ3) is 1.14. The molecule has 1 N–H and O–H groups in total. The standard InChI is InChI=1S/C8H12N2OS/c1-6-7(10-11)12-8(9-6)4-2-3-5-8/h11H,2-5H2,1H3/b10-7-. The van der Waals surface area contributed by atoms with E-state index in [1.165, 1.54) is 12.8 Å². The largest absolute Gasteiger partial charge is 0.410 e. The Kier molecular flexibility index (Phi) is 1.87. The zero-order valence-corrected chi connectivity index (χ0v) is 7.89. The van der Waals surface area contributed by atoms with Gasteiger partial charge in [0.1, 0.15) is 4.87 Å². The van der Waals surface area contributed by atoms with E-state index in [4.69, 9.17) is 5.21 Å². The van der Waals surface area contributed by atoms with Gasteiger partial charge >= 0.3 is 0 Å². The lowest BCUT2D eigenvalue weighted by Crippen LogP contribution is -2.12. The van der Waals surface area contributed by atoms with Crippen molar-refractivity contribution in [3.05, 3.63) is 0 Å². The number of aliphatic imine (C=N–C) groups is 1. The highest BCUT2D eigenvalue weighted by atomic mass is 32.2. The van der Waals surface area contributed by atoms with Crippen molar-refractivity contribution in [3.63, 3.8) is 0 Å². The van der Waals surface area contributed by atoms with E-state index >= 15 is 0 Å². The van der Waals surface area contributed by atoms with E-state index in [-0.39, 0.29) is 4.87 Å². The van der Waals surface area contributed by atoms with Crippen LogP contribution >= 0.6 is 11.8 Å². The van der Waals surface area contributed by atoms with Crippen LogP contribution in [0.15, 0.2) is 10.1 Å². The van der Waals surface area contributed by atoms with Crippen LogP contribution in [0, 0.1) is 0 Å². The maximum atomic E-state index is 8.67. The number of hydrogen-bond acceptors (Lipinski definition) is 4. The van der Waals surface area contributed by atoms with Crippen LogP contribution in [0.2, 0.25) is 0 Å². The highest BCUT2D eigenvalue weighted by Crippen LogP contribution is 2.47. The lowest BCUT2D eigenvalue weighted by atomic mass is 10.2. The van der Waals surface area contributed by atoms with E-state index in [0.29, 0.717) is 5.04 Å².